The molecule has 0 saturated heterocycles. The molecule has 0 aromatic rings. The Balaban J connectivity index is 0. The summed E-state index contributed by atoms with van der Waals surface area (Å²) in [6.07, 6.45) is 0. The van der Waals surface area contributed by atoms with Crippen LogP contribution < -0.4 is 0 Å². The molecule has 0 aromatic heterocycles. The van der Waals surface area contributed by atoms with Crippen LogP contribution in [-0.2, 0) is 39.7 Å². The number of hydrogen-bond donors (Lipinski definition) is 0. The van der Waals surface area contributed by atoms with Gasteiger partial charge in [0.05, 0.1) is 0 Å². The fourth-order valence-corrected chi connectivity index (χ4v) is 0. The van der Waals surface area contributed by atoms with E-state index in [0.717, 1.165) is 0 Å². The van der Waals surface area contributed by atoms with Crippen molar-refractivity contribution in [2.45, 2.75) is 0 Å². The fraction of sp³-hybridized carbons (Fsp3) is 0. The van der Waals surface area contributed by atoms with E-state index in [1.165, 1.54) is 0 Å². The maximum atomic E-state index is 0. The van der Waals surface area contributed by atoms with Gasteiger partial charge in [-0.05, 0) is 0 Å². The topological polar surface area (TPSA) is 0 Å². The summed E-state index contributed by atoms with van der Waals surface area (Å²) in [5.41, 5.74) is 0. The first kappa shape index (κ1) is 37.1. The summed E-state index contributed by atoms with van der Waals surface area (Å²) in [5, 5.41) is 0. The van der Waals surface area contributed by atoms with Gasteiger partial charge in [0.1, 0.15) is 0 Å². The molecule has 0 N–H and O–H groups in total. The molecule has 0 aliphatic heterocycles. The van der Waals surface area contributed by atoms with E-state index in [4.69, 9.17) is 0 Å². The summed E-state index contributed by atoms with van der Waals surface area (Å²) in [7, 11) is 0. The molecule has 0 fully saturated rings. The molecule has 4 heavy (non-hydrogen) atoms. The number of hydrogen-bond acceptors (Lipinski definition) is 0. The maximum absolute atomic E-state index is 0. The predicted molar refractivity (Wildman–Crippen MR) is 11.5 cm³/mol. The normalized spacial score (nSPS) is 0. The second kappa shape index (κ2) is 19.9. The molecular weight excluding hydrogens is 288 g/mol. The molecule has 0 bridgehead atoms. The van der Waals surface area contributed by atoms with Gasteiger partial charge in [-0.1, -0.05) is 0 Å². The van der Waals surface area contributed by atoms with E-state index < -0.39 is 0 Å². The minimum atomic E-state index is 0. The van der Waals surface area contributed by atoms with Gasteiger partial charge in [-0.3, -0.25) is 0 Å². The second-order valence-corrected chi connectivity index (χ2v) is 0. The van der Waals surface area contributed by atoms with Crippen molar-refractivity contribution in [1.29, 1.82) is 0 Å². The predicted octanol–water partition coefficient (Wildman–Crippen LogP) is -0.767. The Bertz CT molecular complexity index is 8.00. The standard InChI is InChI=1S/Al.Cr.Si.Ta. The van der Waals surface area contributed by atoms with E-state index in [0.29, 0.717) is 0 Å². The summed E-state index contributed by atoms with van der Waals surface area (Å²) in [5.74, 6) is 0. The Kier molecular flexibility index (Phi) is 185. The van der Waals surface area contributed by atoms with Gasteiger partial charge in [0, 0.05) is 68.1 Å². The molecule has 18 valence electrons. The fourth-order valence-electron chi connectivity index (χ4n) is 0. The van der Waals surface area contributed by atoms with Crippen LogP contribution >= 0.6 is 0 Å². The van der Waals surface area contributed by atoms with Crippen molar-refractivity contribution in [1.82, 2.24) is 0 Å². The molecule has 0 unspecified atom stereocenters. The van der Waals surface area contributed by atoms with Crippen LogP contribution in [0.1, 0.15) is 0 Å². The first-order chi connectivity index (χ1) is 0. The van der Waals surface area contributed by atoms with Gasteiger partial charge >= 0.3 is 0 Å². The first-order valence-corrected chi connectivity index (χ1v) is 0. The van der Waals surface area contributed by atoms with Crippen LogP contribution in [-0.4, -0.2) is 28.3 Å². The molecule has 8 radical (unpaired) electrons. The zero-order valence-corrected chi connectivity index (χ0v) is 8.58. The van der Waals surface area contributed by atoms with Gasteiger partial charge in [0.2, 0.25) is 0 Å². The summed E-state index contributed by atoms with van der Waals surface area (Å²) >= 11 is 0. The average molecular weight is 288 g/mol. The first-order valence-electron chi connectivity index (χ1n) is 0. The molecule has 0 aliphatic carbocycles. The van der Waals surface area contributed by atoms with Gasteiger partial charge < -0.3 is 0 Å². The SMILES string of the molecule is [Al].[Cr].[Si].[Ta]. The Morgan fingerprint density at radius 3 is 1.00 bits per heavy atom. The van der Waals surface area contributed by atoms with Crippen molar-refractivity contribution in [2.75, 3.05) is 0 Å². The molecule has 0 spiro atoms. The zero-order chi connectivity index (χ0) is 0. The third-order valence-corrected chi connectivity index (χ3v) is 0. The van der Waals surface area contributed by atoms with E-state index in [-0.39, 0.29) is 68.1 Å². The molecule has 0 amide bonds. The van der Waals surface area contributed by atoms with Gasteiger partial charge in [0.25, 0.3) is 0 Å². The summed E-state index contributed by atoms with van der Waals surface area (Å²) in [4.78, 5) is 0. The van der Waals surface area contributed by atoms with E-state index in [1.54, 1.807) is 0 Å². The van der Waals surface area contributed by atoms with E-state index in [2.05, 4.69) is 0 Å². The van der Waals surface area contributed by atoms with Crippen LogP contribution in [0.15, 0.2) is 0 Å². The molecule has 0 aliphatic rings. The van der Waals surface area contributed by atoms with Crippen LogP contribution in [0.5, 0.6) is 0 Å². The van der Waals surface area contributed by atoms with Crippen LogP contribution in [0, 0.1) is 0 Å². The Morgan fingerprint density at radius 2 is 1.00 bits per heavy atom. The molecule has 0 saturated carbocycles. The van der Waals surface area contributed by atoms with Crippen molar-refractivity contribution in [2.24, 2.45) is 0 Å². The molecule has 0 aromatic carbocycles. The summed E-state index contributed by atoms with van der Waals surface area (Å²) < 4.78 is 0. The Labute approximate surface area is 67.5 Å². The van der Waals surface area contributed by atoms with Gasteiger partial charge in [0.15, 0.2) is 0 Å². The quantitative estimate of drug-likeness (QED) is 0.514. The molecular formula is AlCrSiTa. The Morgan fingerprint density at radius 1 is 1.00 bits per heavy atom. The Hall–Kier alpha value is 2.02. The smallest absolute Gasteiger partial charge is 0 e. The average Bonchev–Trinajstić information content (AvgIpc) is 0. The summed E-state index contributed by atoms with van der Waals surface area (Å²) in [6.45, 7) is 0. The van der Waals surface area contributed by atoms with Crippen molar-refractivity contribution in [3.63, 3.8) is 0 Å². The van der Waals surface area contributed by atoms with Crippen molar-refractivity contribution < 1.29 is 39.7 Å². The molecule has 0 atom stereocenters. The zero-order valence-electron chi connectivity index (χ0n) is 1.93. The summed E-state index contributed by atoms with van der Waals surface area (Å²) in [6, 6.07) is 0. The molecule has 0 heterocycles. The molecule has 0 rings (SSSR count). The maximum Gasteiger partial charge on any atom is 0 e. The monoisotopic (exact) mass is 288 g/mol. The van der Waals surface area contributed by atoms with Crippen molar-refractivity contribution in [3.05, 3.63) is 0 Å². The minimum Gasteiger partial charge on any atom is 0 e. The third kappa shape index (κ3) is 8.98. The largest absolute Gasteiger partial charge is 0 e. The van der Waals surface area contributed by atoms with Crippen LogP contribution in [0.25, 0.3) is 0 Å². The third-order valence-electron chi connectivity index (χ3n) is 0. The van der Waals surface area contributed by atoms with Crippen molar-refractivity contribution >= 4 is 28.3 Å². The van der Waals surface area contributed by atoms with Gasteiger partial charge in [-0.2, -0.15) is 0 Å². The van der Waals surface area contributed by atoms with Gasteiger partial charge in [-0.25, -0.2) is 0 Å². The number of rotatable bonds is 0. The van der Waals surface area contributed by atoms with Gasteiger partial charge in [-0.15, -0.1) is 0 Å². The minimum absolute atomic E-state index is 0. The van der Waals surface area contributed by atoms with Crippen LogP contribution in [0.3, 0.4) is 0 Å². The molecule has 4 heteroatoms. The van der Waals surface area contributed by atoms with E-state index >= 15 is 0 Å². The van der Waals surface area contributed by atoms with Crippen LogP contribution in [0.4, 0.5) is 0 Å². The van der Waals surface area contributed by atoms with Crippen LogP contribution in [0.2, 0.25) is 0 Å². The van der Waals surface area contributed by atoms with Crippen molar-refractivity contribution in [3.8, 4) is 0 Å². The van der Waals surface area contributed by atoms with E-state index in [9.17, 15) is 0 Å². The second-order valence-electron chi connectivity index (χ2n) is 0. The molecule has 0 nitrogen and oxygen atoms in total. The van der Waals surface area contributed by atoms with E-state index in [1.807, 2.05) is 0 Å².